The van der Waals surface area contributed by atoms with Crippen LogP contribution in [0, 0.1) is 20.8 Å². The number of carbonyl (C=O) groups excluding carboxylic acids is 2. The number of aliphatic hydroxyl groups is 1. The van der Waals surface area contributed by atoms with Gasteiger partial charge in [0, 0.05) is 10.4 Å². The van der Waals surface area contributed by atoms with Crippen molar-refractivity contribution < 1.29 is 19.4 Å². The van der Waals surface area contributed by atoms with E-state index in [1.165, 1.54) is 29.4 Å². The van der Waals surface area contributed by atoms with Gasteiger partial charge in [0.1, 0.15) is 11.5 Å². The summed E-state index contributed by atoms with van der Waals surface area (Å²) in [6, 6.07) is 11.4. The number of aryl methyl sites for hydroxylation is 3. The summed E-state index contributed by atoms with van der Waals surface area (Å²) >= 11 is 7.57. The molecule has 3 aromatic rings. The minimum atomic E-state index is -0.818. The van der Waals surface area contributed by atoms with Crippen LogP contribution < -0.4 is 9.64 Å². The van der Waals surface area contributed by atoms with Gasteiger partial charge in [0.2, 0.25) is 0 Å². The van der Waals surface area contributed by atoms with Crippen molar-refractivity contribution in [3.63, 3.8) is 0 Å². The molecule has 1 aliphatic heterocycles. The third-order valence-corrected chi connectivity index (χ3v) is 6.85. The van der Waals surface area contributed by atoms with Crippen molar-refractivity contribution in [2.45, 2.75) is 26.8 Å². The average molecular weight is 469 g/mol. The molecule has 0 radical (unpaired) electrons. The number of nitrogens with zero attached hydrogens (tertiary/aromatic N) is 2. The Labute approximate surface area is 194 Å². The van der Waals surface area contributed by atoms with E-state index in [1.54, 1.807) is 12.1 Å². The maximum Gasteiger partial charge on any atom is 0.301 e. The van der Waals surface area contributed by atoms with Gasteiger partial charge in [0.05, 0.1) is 29.4 Å². The van der Waals surface area contributed by atoms with Crippen LogP contribution in [-0.2, 0) is 9.59 Å². The number of thiazole rings is 1. The number of methoxy groups -OCH3 is 1. The Hall–Kier alpha value is -3.16. The Bertz CT molecular complexity index is 1240. The molecule has 1 atom stereocenters. The number of anilines is 1. The maximum atomic E-state index is 13.2. The van der Waals surface area contributed by atoms with Crippen LogP contribution >= 0.6 is 22.9 Å². The van der Waals surface area contributed by atoms with Crippen molar-refractivity contribution >= 4 is 45.5 Å². The van der Waals surface area contributed by atoms with E-state index >= 15 is 0 Å². The van der Waals surface area contributed by atoms with E-state index in [0.29, 0.717) is 22.0 Å². The molecule has 0 unspecified atom stereocenters. The molecule has 1 fully saturated rings. The molecule has 32 heavy (non-hydrogen) atoms. The number of ketones is 1. The normalized spacial score (nSPS) is 17.8. The number of aliphatic hydroxyl groups excluding tert-OH is 1. The molecular weight excluding hydrogens is 448 g/mol. The molecule has 1 N–H and O–H groups in total. The van der Waals surface area contributed by atoms with Gasteiger partial charge in [-0.25, -0.2) is 4.98 Å². The van der Waals surface area contributed by atoms with Gasteiger partial charge in [-0.3, -0.25) is 14.5 Å². The van der Waals surface area contributed by atoms with Gasteiger partial charge >= 0.3 is 5.91 Å². The van der Waals surface area contributed by atoms with Crippen molar-refractivity contribution in [2.75, 3.05) is 12.0 Å². The lowest BCUT2D eigenvalue weighted by Crippen LogP contribution is -2.29. The standard InChI is InChI=1S/C24H21ClN2O4S/c1-12-5-7-15(8-6-12)20-19(21(28)16-9-10-18(31-4)17(25)11-16)22(29)23(30)27(20)24-26-13(2)14(3)32-24/h5-11,20,28H,1-4H3/t20-/m1/s1. The molecule has 1 saturated heterocycles. The smallest absolute Gasteiger partial charge is 0.301 e. The van der Waals surface area contributed by atoms with Crippen molar-refractivity contribution in [1.82, 2.24) is 4.98 Å². The minimum absolute atomic E-state index is 0.00871. The van der Waals surface area contributed by atoms with Crippen LogP contribution in [0.2, 0.25) is 5.02 Å². The number of carbonyl (C=O) groups is 2. The summed E-state index contributed by atoms with van der Waals surface area (Å²) in [5, 5.41) is 11.9. The lowest BCUT2D eigenvalue weighted by molar-refractivity contribution is -0.132. The van der Waals surface area contributed by atoms with Crippen molar-refractivity contribution in [1.29, 1.82) is 0 Å². The highest BCUT2D eigenvalue weighted by molar-refractivity contribution is 7.16. The Balaban J connectivity index is 1.94. The number of hydrogen-bond donors (Lipinski definition) is 1. The number of Topliss-reactive ketones (excluding diaryl/α,β-unsaturated/α-hetero) is 1. The van der Waals surface area contributed by atoms with Crippen LogP contribution in [0.4, 0.5) is 5.13 Å². The van der Waals surface area contributed by atoms with Crippen LogP contribution in [0.3, 0.4) is 0 Å². The van der Waals surface area contributed by atoms with Crippen molar-refractivity contribution in [2.24, 2.45) is 0 Å². The molecule has 1 aromatic heterocycles. The topological polar surface area (TPSA) is 79.7 Å². The van der Waals surface area contributed by atoms with E-state index < -0.39 is 17.7 Å². The van der Waals surface area contributed by atoms with Crippen molar-refractivity contribution in [3.05, 3.63) is 80.3 Å². The zero-order valence-corrected chi connectivity index (χ0v) is 19.5. The third-order valence-electron chi connectivity index (χ3n) is 5.49. The number of benzene rings is 2. The molecular formula is C24H21ClN2O4S. The third kappa shape index (κ3) is 3.67. The zero-order valence-electron chi connectivity index (χ0n) is 18.0. The highest BCUT2D eigenvalue weighted by Crippen LogP contribution is 2.44. The molecule has 164 valence electrons. The predicted octanol–water partition coefficient (Wildman–Crippen LogP) is 5.36. The Morgan fingerprint density at radius 1 is 1.12 bits per heavy atom. The Morgan fingerprint density at radius 3 is 2.38 bits per heavy atom. The van der Waals surface area contributed by atoms with E-state index in [-0.39, 0.29) is 16.4 Å². The minimum Gasteiger partial charge on any atom is -0.507 e. The SMILES string of the molecule is COc1ccc(C(O)=C2C(=O)C(=O)N(c3nc(C)c(C)s3)[C@@H]2c2ccc(C)cc2)cc1Cl. The summed E-state index contributed by atoms with van der Waals surface area (Å²) in [5.41, 5.74) is 2.83. The number of rotatable bonds is 4. The number of amides is 1. The van der Waals surface area contributed by atoms with E-state index in [0.717, 1.165) is 16.1 Å². The molecule has 0 spiro atoms. The van der Waals surface area contributed by atoms with Gasteiger partial charge in [0.15, 0.2) is 5.13 Å². The van der Waals surface area contributed by atoms with Gasteiger partial charge in [-0.15, -0.1) is 11.3 Å². The monoisotopic (exact) mass is 468 g/mol. The molecule has 0 aliphatic carbocycles. The van der Waals surface area contributed by atoms with Crippen molar-refractivity contribution in [3.8, 4) is 5.75 Å². The predicted molar refractivity (Wildman–Crippen MR) is 126 cm³/mol. The Kier molecular flexibility index (Phi) is 5.79. The molecule has 0 bridgehead atoms. The summed E-state index contributed by atoms with van der Waals surface area (Å²) < 4.78 is 5.17. The van der Waals surface area contributed by atoms with Gasteiger partial charge in [-0.05, 0) is 44.5 Å². The molecule has 2 aromatic carbocycles. The highest BCUT2D eigenvalue weighted by Gasteiger charge is 2.48. The zero-order chi connectivity index (χ0) is 23.2. The first-order chi connectivity index (χ1) is 15.2. The van der Waals surface area contributed by atoms with E-state index in [1.807, 2.05) is 45.0 Å². The fourth-order valence-corrected chi connectivity index (χ4v) is 4.82. The van der Waals surface area contributed by atoms with Gasteiger partial charge < -0.3 is 9.84 Å². The number of halogens is 1. The average Bonchev–Trinajstić information content (AvgIpc) is 3.23. The first-order valence-electron chi connectivity index (χ1n) is 9.88. The van der Waals surface area contributed by atoms with Crippen LogP contribution in [-0.4, -0.2) is 28.9 Å². The number of hydrogen-bond acceptors (Lipinski definition) is 6. The van der Waals surface area contributed by atoms with E-state index in [2.05, 4.69) is 4.98 Å². The lowest BCUT2D eigenvalue weighted by atomic mass is 9.95. The van der Waals surface area contributed by atoms with E-state index in [9.17, 15) is 14.7 Å². The summed E-state index contributed by atoms with van der Waals surface area (Å²) in [7, 11) is 1.49. The molecule has 0 saturated carbocycles. The second-order valence-electron chi connectivity index (χ2n) is 7.57. The second kappa shape index (κ2) is 8.41. The van der Waals surface area contributed by atoms with E-state index in [4.69, 9.17) is 16.3 Å². The molecule has 4 rings (SSSR count). The van der Waals surface area contributed by atoms with Gasteiger partial charge in [0.25, 0.3) is 5.78 Å². The largest absolute Gasteiger partial charge is 0.507 e. The molecule has 1 amide bonds. The first-order valence-corrected chi connectivity index (χ1v) is 11.1. The number of ether oxygens (including phenoxy) is 1. The quantitative estimate of drug-likeness (QED) is 0.317. The highest BCUT2D eigenvalue weighted by atomic mass is 35.5. The summed E-state index contributed by atoms with van der Waals surface area (Å²) in [6.07, 6.45) is 0. The molecule has 8 heteroatoms. The second-order valence-corrected chi connectivity index (χ2v) is 9.16. The summed E-state index contributed by atoms with van der Waals surface area (Å²) in [6.45, 7) is 5.72. The summed E-state index contributed by atoms with van der Waals surface area (Å²) in [5.74, 6) is -1.37. The number of aromatic nitrogens is 1. The fourth-order valence-electron chi connectivity index (χ4n) is 3.62. The van der Waals surface area contributed by atoms with Crippen LogP contribution in [0.25, 0.3) is 5.76 Å². The molecule has 2 heterocycles. The molecule has 1 aliphatic rings. The van der Waals surface area contributed by atoms with Gasteiger partial charge in [-0.1, -0.05) is 41.4 Å². The maximum absolute atomic E-state index is 13.2. The van der Waals surface area contributed by atoms with Gasteiger partial charge in [-0.2, -0.15) is 0 Å². The summed E-state index contributed by atoms with van der Waals surface area (Å²) in [4.78, 5) is 33.1. The fraction of sp³-hybridized carbons (Fsp3) is 0.208. The van der Waals surface area contributed by atoms with Crippen LogP contribution in [0.1, 0.15) is 33.3 Å². The van der Waals surface area contributed by atoms with Crippen LogP contribution in [0.5, 0.6) is 5.75 Å². The lowest BCUT2D eigenvalue weighted by Gasteiger charge is -2.23. The molecule has 6 nitrogen and oxygen atoms in total. The Morgan fingerprint density at radius 2 is 1.81 bits per heavy atom. The van der Waals surface area contributed by atoms with Crippen LogP contribution in [0.15, 0.2) is 48.0 Å². The first kappa shape index (κ1) is 22.0.